The largest absolute Gasteiger partial charge is 0.371 e. The normalized spacial score (nSPS) is 29.5. The average Bonchev–Trinajstić information content (AvgIpc) is 2.58. The highest BCUT2D eigenvalue weighted by Gasteiger charge is 2.34. The Labute approximate surface area is 97.6 Å². The molecule has 3 rings (SSSR count). The first-order valence-electron chi connectivity index (χ1n) is 5.34. The van der Waals surface area contributed by atoms with E-state index in [9.17, 15) is 0 Å². The first kappa shape index (κ1) is 9.60. The van der Waals surface area contributed by atoms with Crippen LogP contribution in [0.4, 0.5) is 5.82 Å². The summed E-state index contributed by atoms with van der Waals surface area (Å²) >= 11 is 3.55. The van der Waals surface area contributed by atoms with Crippen LogP contribution in [0.3, 0.4) is 0 Å². The minimum atomic E-state index is 0.414. The molecule has 2 unspecified atom stereocenters. The van der Waals surface area contributed by atoms with Gasteiger partial charge in [-0.25, -0.2) is 4.98 Å². The lowest BCUT2D eigenvalue weighted by Crippen LogP contribution is -2.43. The lowest BCUT2D eigenvalue weighted by molar-refractivity contribution is 0.0302. The average molecular weight is 269 g/mol. The highest BCUT2D eigenvalue weighted by atomic mass is 79.9. The van der Waals surface area contributed by atoms with Gasteiger partial charge in [-0.3, -0.25) is 0 Å². The molecule has 2 bridgehead atoms. The third-order valence-electron chi connectivity index (χ3n) is 3.08. The summed E-state index contributed by atoms with van der Waals surface area (Å²) in [6.07, 6.45) is 5.07. The van der Waals surface area contributed by atoms with Crippen molar-refractivity contribution in [3.05, 3.63) is 22.8 Å². The maximum atomic E-state index is 5.80. The minimum absolute atomic E-state index is 0.414. The fourth-order valence-electron chi connectivity index (χ4n) is 2.40. The van der Waals surface area contributed by atoms with Crippen LogP contribution in [0.5, 0.6) is 0 Å². The molecule has 2 fully saturated rings. The van der Waals surface area contributed by atoms with Crippen LogP contribution in [0.1, 0.15) is 12.8 Å². The number of morpholine rings is 1. The molecule has 1 aromatic rings. The van der Waals surface area contributed by atoms with Gasteiger partial charge in [0, 0.05) is 19.3 Å². The first-order chi connectivity index (χ1) is 7.33. The number of fused-ring (bicyclic) bond motifs is 2. The van der Waals surface area contributed by atoms with Crippen molar-refractivity contribution in [1.82, 2.24) is 4.98 Å². The zero-order valence-electron chi connectivity index (χ0n) is 8.40. The standard InChI is InChI=1S/C11H13BrN2O/c12-10-2-1-5-13-11(10)14-6-8-3-4-9(7-14)15-8/h1-2,5,8-9H,3-4,6-7H2. The van der Waals surface area contributed by atoms with Gasteiger partial charge in [0.1, 0.15) is 5.82 Å². The van der Waals surface area contributed by atoms with Crippen LogP contribution in [-0.4, -0.2) is 30.3 Å². The Hall–Kier alpha value is -0.610. The van der Waals surface area contributed by atoms with Crippen molar-refractivity contribution < 1.29 is 4.74 Å². The van der Waals surface area contributed by atoms with Gasteiger partial charge in [-0.15, -0.1) is 0 Å². The number of halogens is 1. The summed E-state index contributed by atoms with van der Waals surface area (Å²) in [4.78, 5) is 6.75. The first-order valence-corrected chi connectivity index (χ1v) is 6.13. The maximum Gasteiger partial charge on any atom is 0.143 e. The molecule has 0 spiro atoms. The molecular weight excluding hydrogens is 256 g/mol. The number of anilines is 1. The van der Waals surface area contributed by atoms with E-state index in [0.717, 1.165) is 23.4 Å². The van der Waals surface area contributed by atoms with E-state index in [4.69, 9.17) is 4.74 Å². The molecule has 3 heterocycles. The van der Waals surface area contributed by atoms with E-state index in [1.807, 2.05) is 18.3 Å². The molecule has 0 radical (unpaired) electrons. The summed E-state index contributed by atoms with van der Waals surface area (Å²) in [5.41, 5.74) is 0. The van der Waals surface area contributed by atoms with Gasteiger partial charge in [-0.1, -0.05) is 0 Å². The van der Waals surface area contributed by atoms with E-state index in [0.29, 0.717) is 12.2 Å². The van der Waals surface area contributed by atoms with Gasteiger partial charge in [0.05, 0.1) is 16.7 Å². The van der Waals surface area contributed by atoms with Gasteiger partial charge in [-0.05, 0) is 40.9 Å². The van der Waals surface area contributed by atoms with Crippen molar-refractivity contribution in [1.29, 1.82) is 0 Å². The topological polar surface area (TPSA) is 25.4 Å². The van der Waals surface area contributed by atoms with E-state index in [-0.39, 0.29) is 0 Å². The van der Waals surface area contributed by atoms with Crippen LogP contribution in [0.25, 0.3) is 0 Å². The number of aromatic nitrogens is 1. The summed E-state index contributed by atoms with van der Waals surface area (Å²) in [6.45, 7) is 1.96. The fourth-order valence-corrected chi connectivity index (χ4v) is 2.90. The number of hydrogen-bond donors (Lipinski definition) is 0. The van der Waals surface area contributed by atoms with Crippen molar-refractivity contribution in [3.8, 4) is 0 Å². The van der Waals surface area contributed by atoms with Crippen LogP contribution in [0, 0.1) is 0 Å². The minimum Gasteiger partial charge on any atom is -0.371 e. The molecular formula is C11H13BrN2O. The quantitative estimate of drug-likeness (QED) is 0.781. The predicted molar refractivity (Wildman–Crippen MR) is 62.0 cm³/mol. The second kappa shape index (κ2) is 3.76. The Morgan fingerprint density at radius 2 is 2.07 bits per heavy atom. The number of ether oxygens (including phenoxy) is 1. The Morgan fingerprint density at radius 1 is 1.33 bits per heavy atom. The number of hydrogen-bond acceptors (Lipinski definition) is 3. The number of pyridine rings is 1. The van der Waals surface area contributed by atoms with Crippen LogP contribution in [0.15, 0.2) is 22.8 Å². The molecule has 15 heavy (non-hydrogen) atoms. The van der Waals surface area contributed by atoms with Crippen molar-refractivity contribution in [2.45, 2.75) is 25.0 Å². The van der Waals surface area contributed by atoms with Crippen molar-refractivity contribution in [3.63, 3.8) is 0 Å². The summed E-state index contributed by atoms with van der Waals surface area (Å²) in [5.74, 6) is 1.05. The zero-order valence-corrected chi connectivity index (χ0v) is 9.98. The lowest BCUT2D eigenvalue weighted by Gasteiger charge is -2.33. The van der Waals surface area contributed by atoms with Gasteiger partial charge in [0.25, 0.3) is 0 Å². The second-order valence-electron chi connectivity index (χ2n) is 4.17. The molecule has 0 aromatic carbocycles. The summed E-state index contributed by atoms with van der Waals surface area (Å²) < 4.78 is 6.88. The summed E-state index contributed by atoms with van der Waals surface area (Å²) in [5, 5.41) is 0. The molecule has 3 nitrogen and oxygen atoms in total. The third-order valence-corrected chi connectivity index (χ3v) is 3.70. The van der Waals surface area contributed by atoms with Gasteiger partial charge < -0.3 is 9.64 Å². The SMILES string of the molecule is Brc1cccnc1N1CC2CCC(C1)O2. The molecule has 0 N–H and O–H groups in total. The predicted octanol–water partition coefficient (Wildman–Crippen LogP) is 2.21. The number of nitrogens with zero attached hydrogens (tertiary/aromatic N) is 2. The fraction of sp³-hybridized carbons (Fsp3) is 0.545. The van der Waals surface area contributed by atoms with Crippen LogP contribution in [0.2, 0.25) is 0 Å². The Bertz CT molecular complexity index is 359. The van der Waals surface area contributed by atoms with E-state index >= 15 is 0 Å². The van der Waals surface area contributed by atoms with Gasteiger partial charge in [0.15, 0.2) is 0 Å². The van der Waals surface area contributed by atoms with E-state index < -0.39 is 0 Å². The summed E-state index contributed by atoms with van der Waals surface area (Å²) in [6, 6.07) is 3.99. The van der Waals surface area contributed by atoms with Crippen LogP contribution >= 0.6 is 15.9 Å². The highest BCUT2D eigenvalue weighted by molar-refractivity contribution is 9.10. The number of rotatable bonds is 1. The molecule has 2 aliphatic heterocycles. The molecule has 2 atom stereocenters. The van der Waals surface area contributed by atoms with E-state index in [1.165, 1.54) is 12.8 Å². The molecule has 2 saturated heterocycles. The van der Waals surface area contributed by atoms with E-state index in [2.05, 4.69) is 25.8 Å². The van der Waals surface area contributed by atoms with Gasteiger partial charge in [-0.2, -0.15) is 0 Å². The van der Waals surface area contributed by atoms with Crippen molar-refractivity contribution in [2.75, 3.05) is 18.0 Å². The van der Waals surface area contributed by atoms with Crippen LogP contribution < -0.4 is 4.90 Å². The van der Waals surface area contributed by atoms with Gasteiger partial charge in [0.2, 0.25) is 0 Å². The van der Waals surface area contributed by atoms with Crippen molar-refractivity contribution >= 4 is 21.7 Å². The smallest absolute Gasteiger partial charge is 0.143 e. The van der Waals surface area contributed by atoms with E-state index in [1.54, 1.807) is 0 Å². The summed E-state index contributed by atoms with van der Waals surface area (Å²) in [7, 11) is 0. The monoisotopic (exact) mass is 268 g/mol. The van der Waals surface area contributed by atoms with Crippen LogP contribution in [-0.2, 0) is 4.74 Å². The molecule has 1 aromatic heterocycles. The molecule has 0 saturated carbocycles. The third kappa shape index (κ3) is 1.76. The molecule has 0 aliphatic carbocycles. The molecule has 0 amide bonds. The van der Waals surface area contributed by atoms with Crippen molar-refractivity contribution in [2.24, 2.45) is 0 Å². The lowest BCUT2D eigenvalue weighted by atomic mass is 10.2. The Balaban J connectivity index is 1.86. The zero-order chi connectivity index (χ0) is 10.3. The maximum absolute atomic E-state index is 5.80. The molecule has 4 heteroatoms. The molecule has 2 aliphatic rings. The Morgan fingerprint density at radius 3 is 2.73 bits per heavy atom. The van der Waals surface area contributed by atoms with Gasteiger partial charge >= 0.3 is 0 Å². The highest BCUT2D eigenvalue weighted by Crippen LogP contribution is 2.31. The Kier molecular flexibility index (Phi) is 2.41. The molecule has 80 valence electrons. The second-order valence-corrected chi connectivity index (χ2v) is 5.03.